The zero-order valence-electron chi connectivity index (χ0n) is 11.1. The zero-order valence-corrected chi connectivity index (χ0v) is 11.9. The van der Waals surface area contributed by atoms with Crippen molar-refractivity contribution in [2.75, 3.05) is 0 Å². The van der Waals surface area contributed by atoms with Crippen LogP contribution in [0, 0.1) is 5.92 Å². The molecule has 1 aromatic carbocycles. The second-order valence-electron chi connectivity index (χ2n) is 5.34. The van der Waals surface area contributed by atoms with Crippen molar-refractivity contribution in [3.63, 3.8) is 0 Å². The third-order valence-corrected chi connectivity index (χ3v) is 4.20. The van der Waals surface area contributed by atoms with Crippen LogP contribution in [0.3, 0.4) is 0 Å². The summed E-state index contributed by atoms with van der Waals surface area (Å²) in [5.74, 6) is 0.643. The van der Waals surface area contributed by atoms with E-state index in [2.05, 4.69) is 29.2 Å². The van der Waals surface area contributed by atoms with Crippen LogP contribution in [0.2, 0.25) is 0 Å². The Morgan fingerprint density at radius 3 is 2.58 bits per heavy atom. The Morgan fingerprint density at radius 1 is 1.05 bits per heavy atom. The van der Waals surface area contributed by atoms with E-state index in [4.69, 9.17) is 5.73 Å². The third-order valence-electron chi connectivity index (χ3n) is 4.20. The number of para-hydroxylation sites is 1. The maximum absolute atomic E-state index is 6.51. The number of aromatic nitrogens is 1. The summed E-state index contributed by atoms with van der Waals surface area (Å²) in [5.41, 5.74) is 8.84. The van der Waals surface area contributed by atoms with Gasteiger partial charge in [0.05, 0.1) is 5.52 Å². The molecule has 0 unspecified atom stereocenters. The monoisotopic (exact) mass is 276 g/mol. The second kappa shape index (κ2) is 6.36. The van der Waals surface area contributed by atoms with Crippen molar-refractivity contribution in [1.82, 2.24) is 4.98 Å². The molecule has 2 N–H and O–H groups in total. The first kappa shape index (κ1) is 14.3. The molecule has 3 rings (SSSR count). The summed E-state index contributed by atoms with van der Waals surface area (Å²) in [6.45, 7) is 0. The molecule has 2 aromatic rings. The summed E-state index contributed by atoms with van der Waals surface area (Å²) in [6, 6.07) is 10.6. The predicted molar refractivity (Wildman–Crippen MR) is 82.5 cm³/mol. The maximum Gasteiger partial charge on any atom is 0.0705 e. The summed E-state index contributed by atoms with van der Waals surface area (Å²) >= 11 is 0. The Labute approximate surface area is 120 Å². The standard InChI is InChI=1S/C16H20N2.ClH/c17-16(12-6-2-1-3-7-12)14-10-11-18-15-9-5-4-8-13(14)15;/h4-5,8-12,16H,1-3,6-7,17H2;1H/t16-;/m0./s1. The van der Waals surface area contributed by atoms with Crippen LogP contribution < -0.4 is 5.73 Å². The number of hydrogen-bond donors (Lipinski definition) is 1. The fourth-order valence-corrected chi connectivity index (χ4v) is 3.16. The van der Waals surface area contributed by atoms with Crippen molar-refractivity contribution in [2.24, 2.45) is 11.7 Å². The van der Waals surface area contributed by atoms with Crippen LogP contribution >= 0.6 is 12.4 Å². The Kier molecular flexibility index (Phi) is 4.78. The lowest BCUT2D eigenvalue weighted by molar-refractivity contribution is 0.309. The van der Waals surface area contributed by atoms with Crippen molar-refractivity contribution in [2.45, 2.75) is 38.1 Å². The van der Waals surface area contributed by atoms with E-state index in [1.807, 2.05) is 12.3 Å². The maximum atomic E-state index is 6.51. The highest BCUT2D eigenvalue weighted by molar-refractivity contribution is 5.85. The van der Waals surface area contributed by atoms with E-state index in [0.717, 1.165) is 5.52 Å². The van der Waals surface area contributed by atoms with Crippen LogP contribution in [0.5, 0.6) is 0 Å². The Hall–Kier alpha value is -1.12. The molecule has 0 bridgehead atoms. The summed E-state index contributed by atoms with van der Waals surface area (Å²) in [6.07, 6.45) is 8.49. The van der Waals surface area contributed by atoms with Crippen LogP contribution in [0.15, 0.2) is 36.5 Å². The minimum atomic E-state index is 0. The van der Waals surface area contributed by atoms with Crippen LogP contribution in [-0.2, 0) is 0 Å². The molecule has 0 amide bonds. The average molecular weight is 277 g/mol. The molecule has 0 saturated heterocycles. The van der Waals surface area contributed by atoms with E-state index in [1.54, 1.807) is 0 Å². The molecule has 0 aliphatic heterocycles. The van der Waals surface area contributed by atoms with Gasteiger partial charge in [0, 0.05) is 17.6 Å². The molecule has 0 radical (unpaired) electrons. The lowest BCUT2D eigenvalue weighted by atomic mass is 9.81. The predicted octanol–water partition coefficient (Wildman–Crippen LogP) is 4.24. The van der Waals surface area contributed by atoms with Gasteiger partial charge in [-0.25, -0.2) is 0 Å². The first-order valence-corrected chi connectivity index (χ1v) is 6.95. The molecule has 1 aromatic heterocycles. The summed E-state index contributed by atoms with van der Waals surface area (Å²) in [5, 5.41) is 1.22. The van der Waals surface area contributed by atoms with E-state index < -0.39 is 0 Å². The number of pyridine rings is 1. The van der Waals surface area contributed by atoms with Crippen molar-refractivity contribution in [3.8, 4) is 0 Å². The van der Waals surface area contributed by atoms with Crippen LogP contribution in [0.4, 0.5) is 0 Å². The molecule has 1 atom stereocenters. The van der Waals surface area contributed by atoms with Crippen LogP contribution in [-0.4, -0.2) is 4.98 Å². The summed E-state index contributed by atoms with van der Waals surface area (Å²) < 4.78 is 0. The minimum absolute atomic E-state index is 0. The lowest BCUT2D eigenvalue weighted by Gasteiger charge is -2.28. The molecule has 1 aliphatic rings. The molecule has 1 aliphatic carbocycles. The molecule has 3 heteroatoms. The number of hydrogen-bond acceptors (Lipinski definition) is 2. The third kappa shape index (κ3) is 2.90. The van der Waals surface area contributed by atoms with E-state index in [9.17, 15) is 0 Å². The molecule has 19 heavy (non-hydrogen) atoms. The number of fused-ring (bicyclic) bond motifs is 1. The number of nitrogens with two attached hydrogens (primary N) is 1. The van der Waals surface area contributed by atoms with Gasteiger partial charge < -0.3 is 5.73 Å². The van der Waals surface area contributed by atoms with Crippen LogP contribution in [0.1, 0.15) is 43.7 Å². The van der Waals surface area contributed by atoms with Gasteiger partial charge in [-0.3, -0.25) is 4.98 Å². The van der Waals surface area contributed by atoms with E-state index in [1.165, 1.54) is 43.1 Å². The largest absolute Gasteiger partial charge is 0.324 e. The highest BCUT2D eigenvalue weighted by atomic mass is 35.5. The number of halogens is 1. The molecule has 102 valence electrons. The highest BCUT2D eigenvalue weighted by Crippen LogP contribution is 2.35. The number of nitrogens with zero attached hydrogens (tertiary/aromatic N) is 1. The van der Waals surface area contributed by atoms with Gasteiger partial charge >= 0.3 is 0 Å². The molecular weight excluding hydrogens is 256 g/mol. The molecule has 2 nitrogen and oxygen atoms in total. The smallest absolute Gasteiger partial charge is 0.0705 e. The fourth-order valence-electron chi connectivity index (χ4n) is 3.16. The van der Waals surface area contributed by atoms with Crippen molar-refractivity contribution >= 4 is 23.3 Å². The number of rotatable bonds is 2. The molecular formula is C16H21ClN2. The molecule has 1 saturated carbocycles. The van der Waals surface area contributed by atoms with E-state index >= 15 is 0 Å². The van der Waals surface area contributed by atoms with Crippen LogP contribution in [0.25, 0.3) is 10.9 Å². The average Bonchev–Trinajstić information content (AvgIpc) is 2.47. The molecule has 1 heterocycles. The van der Waals surface area contributed by atoms with Gasteiger partial charge in [0.2, 0.25) is 0 Å². The Balaban J connectivity index is 0.00000133. The minimum Gasteiger partial charge on any atom is -0.324 e. The van der Waals surface area contributed by atoms with Gasteiger partial charge in [-0.15, -0.1) is 12.4 Å². The van der Waals surface area contributed by atoms with Gasteiger partial charge in [-0.05, 0) is 36.5 Å². The van der Waals surface area contributed by atoms with Gasteiger partial charge in [-0.2, -0.15) is 0 Å². The van der Waals surface area contributed by atoms with Gasteiger partial charge in [0.15, 0.2) is 0 Å². The zero-order chi connectivity index (χ0) is 12.4. The van der Waals surface area contributed by atoms with Crippen molar-refractivity contribution in [3.05, 3.63) is 42.1 Å². The Morgan fingerprint density at radius 2 is 1.79 bits per heavy atom. The first-order valence-electron chi connectivity index (χ1n) is 6.95. The molecule has 0 spiro atoms. The van der Waals surface area contributed by atoms with Crippen molar-refractivity contribution < 1.29 is 0 Å². The second-order valence-corrected chi connectivity index (χ2v) is 5.34. The fraction of sp³-hybridized carbons (Fsp3) is 0.438. The highest BCUT2D eigenvalue weighted by Gasteiger charge is 2.23. The normalized spacial score (nSPS) is 17.9. The topological polar surface area (TPSA) is 38.9 Å². The van der Waals surface area contributed by atoms with Gasteiger partial charge in [0.25, 0.3) is 0 Å². The van der Waals surface area contributed by atoms with E-state index in [-0.39, 0.29) is 18.4 Å². The quantitative estimate of drug-likeness (QED) is 0.891. The SMILES string of the molecule is Cl.N[C@H](c1ccnc2ccccc12)C1CCCCC1. The van der Waals surface area contributed by atoms with E-state index in [0.29, 0.717) is 5.92 Å². The summed E-state index contributed by atoms with van der Waals surface area (Å²) in [7, 11) is 0. The molecule has 1 fully saturated rings. The lowest BCUT2D eigenvalue weighted by Crippen LogP contribution is -2.23. The number of benzene rings is 1. The Bertz CT molecular complexity index is 530. The van der Waals surface area contributed by atoms with Gasteiger partial charge in [0.1, 0.15) is 0 Å². The van der Waals surface area contributed by atoms with Gasteiger partial charge in [-0.1, -0.05) is 37.5 Å². The first-order chi connectivity index (χ1) is 8.86. The van der Waals surface area contributed by atoms with Crippen molar-refractivity contribution in [1.29, 1.82) is 0 Å². The summed E-state index contributed by atoms with van der Waals surface area (Å²) in [4.78, 5) is 4.41.